The summed E-state index contributed by atoms with van der Waals surface area (Å²) in [6.45, 7) is 0. The minimum absolute atomic E-state index is 0.00336. The summed E-state index contributed by atoms with van der Waals surface area (Å²) in [6.07, 6.45) is -2.69. The SMILES string of the molecule is Nc1cc(C(F)F)c(Cl)nc1Cl. The number of halogens is 4. The van der Waals surface area contributed by atoms with E-state index in [2.05, 4.69) is 4.98 Å². The summed E-state index contributed by atoms with van der Waals surface area (Å²) >= 11 is 10.8. The molecule has 0 aliphatic carbocycles. The summed E-state index contributed by atoms with van der Waals surface area (Å²) in [5, 5.41) is -0.381. The maximum absolute atomic E-state index is 12.1. The minimum Gasteiger partial charge on any atom is -0.396 e. The first-order valence-corrected chi connectivity index (χ1v) is 3.67. The number of nitrogen functional groups attached to an aromatic ring is 1. The number of rotatable bonds is 1. The van der Waals surface area contributed by atoms with Crippen molar-refractivity contribution in [2.45, 2.75) is 6.43 Å². The van der Waals surface area contributed by atoms with Crippen LogP contribution in [0, 0.1) is 0 Å². The molecule has 2 N–H and O–H groups in total. The summed E-state index contributed by atoms with van der Waals surface area (Å²) < 4.78 is 24.2. The van der Waals surface area contributed by atoms with E-state index in [-0.39, 0.29) is 16.0 Å². The van der Waals surface area contributed by atoms with Gasteiger partial charge in [0.25, 0.3) is 6.43 Å². The number of nitrogens with two attached hydrogens (primary N) is 1. The highest BCUT2D eigenvalue weighted by molar-refractivity contribution is 6.34. The molecular formula is C6H4Cl2F2N2. The van der Waals surface area contributed by atoms with E-state index in [0.29, 0.717) is 0 Å². The average molecular weight is 213 g/mol. The molecule has 1 aromatic heterocycles. The fourth-order valence-corrected chi connectivity index (χ4v) is 1.06. The van der Waals surface area contributed by atoms with E-state index in [1.807, 2.05) is 0 Å². The van der Waals surface area contributed by atoms with Gasteiger partial charge in [0, 0.05) is 0 Å². The van der Waals surface area contributed by atoms with Crippen molar-refractivity contribution in [3.8, 4) is 0 Å². The Morgan fingerprint density at radius 2 is 1.92 bits per heavy atom. The molecule has 66 valence electrons. The van der Waals surface area contributed by atoms with Crippen LogP contribution in [0.2, 0.25) is 10.3 Å². The highest BCUT2D eigenvalue weighted by Gasteiger charge is 2.15. The van der Waals surface area contributed by atoms with Gasteiger partial charge in [-0.15, -0.1) is 0 Å². The lowest BCUT2D eigenvalue weighted by Crippen LogP contribution is -1.95. The second-order valence-corrected chi connectivity index (χ2v) is 2.77. The fourth-order valence-electron chi connectivity index (χ4n) is 0.655. The van der Waals surface area contributed by atoms with Gasteiger partial charge in [-0.2, -0.15) is 0 Å². The van der Waals surface area contributed by atoms with Gasteiger partial charge in [-0.1, -0.05) is 23.2 Å². The number of aromatic nitrogens is 1. The Morgan fingerprint density at radius 1 is 1.33 bits per heavy atom. The van der Waals surface area contributed by atoms with E-state index in [4.69, 9.17) is 28.9 Å². The van der Waals surface area contributed by atoms with Crippen LogP contribution < -0.4 is 5.73 Å². The van der Waals surface area contributed by atoms with Crippen LogP contribution in [0.4, 0.5) is 14.5 Å². The van der Waals surface area contributed by atoms with Crippen molar-refractivity contribution >= 4 is 28.9 Å². The molecule has 0 aliphatic heterocycles. The molecule has 1 rings (SSSR count). The van der Waals surface area contributed by atoms with Gasteiger partial charge < -0.3 is 5.73 Å². The quantitative estimate of drug-likeness (QED) is 0.728. The van der Waals surface area contributed by atoms with E-state index < -0.39 is 12.0 Å². The zero-order valence-corrected chi connectivity index (χ0v) is 7.20. The second-order valence-electron chi connectivity index (χ2n) is 2.05. The van der Waals surface area contributed by atoms with E-state index in [1.54, 1.807) is 0 Å². The Morgan fingerprint density at radius 3 is 2.42 bits per heavy atom. The smallest absolute Gasteiger partial charge is 0.266 e. The topological polar surface area (TPSA) is 38.9 Å². The standard InChI is InChI=1S/C6H4Cl2F2N2/c7-4-2(6(9)10)1-3(11)5(8)12-4/h1,6H,11H2. The summed E-state index contributed by atoms with van der Waals surface area (Å²) in [6, 6.07) is 1.02. The largest absolute Gasteiger partial charge is 0.396 e. The zero-order chi connectivity index (χ0) is 9.30. The molecule has 0 atom stereocenters. The van der Waals surface area contributed by atoms with E-state index >= 15 is 0 Å². The number of anilines is 1. The molecule has 0 saturated carbocycles. The van der Waals surface area contributed by atoms with Crippen LogP contribution in [0.1, 0.15) is 12.0 Å². The Hall–Kier alpha value is -0.610. The number of alkyl halides is 2. The monoisotopic (exact) mass is 212 g/mol. The van der Waals surface area contributed by atoms with Crippen molar-refractivity contribution in [2.24, 2.45) is 0 Å². The first kappa shape index (κ1) is 9.48. The zero-order valence-electron chi connectivity index (χ0n) is 5.69. The predicted molar refractivity (Wildman–Crippen MR) is 43.6 cm³/mol. The molecule has 2 nitrogen and oxygen atoms in total. The van der Waals surface area contributed by atoms with Gasteiger partial charge in [0.2, 0.25) is 0 Å². The Kier molecular flexibility index (Phi) is 2.69. The summed E-state index contributed by atoms with van der Waals surface area (Å²) in [4.78, 5) is 3.42. The van der Waals surface area contributed by atoms with Crippen molar-refractivity contribution in [1.29, 1.82) is 0 Å². The maximum atomic E-state index is 12.1. The van der Waals surface area contributed by atoms with Crippen LogP contribution in [-0.2, 0) is 0 Å². The third kappa shape index (κ3) is 1.76. The lowest BCUT2D eigenvalue weighted by molar-refractivity contribution is 0.151. The molecule has 0 saturated heterocycles. The van der Waals surface area contributed by atoms with Crippen molar-refractivity contribution in [1.82, 2.24) is 4.98 Å². The molecule has 0 amide bonds. The Balaban J connectivity index is 3.23. The summed E-state index contributed by atoms with van der Waals surface area (Å²) in [5.41, 5.74) is 4.83. The van der Waals surface area contributed by atoms with Crippen LogP contribution in [0.5, 0.6) is 0 Å². The molecule has 0 fully saturated rings. The molecular weight excluding hydrogens is 209 g/mol. The molecule has 0 spiro atoms. The van der Waals surface area contributed by atoms with E-state index in [1.165, 1.54) is 0 Å². The minimum atomic E-state index is -2.69. The predicted octanol–water partition coefficient (Wildman–Crippen LogP) is 2.91. The van der Waals surface area contributed by atoms with Gasteiger partial charge in [-0.25, -0.2) is 13.8 Å². The van der Waals surface area contributed by atoms with Crippen LogP contribution >= 0.6 is 23.2 Å². The van der Waals surface area contributed by atoms with Gasteiger partial charge in [-0.3, -0.25) is 0 Å². The van der Waals surface area contributed by atoms with Crippen LogP contribution in [0.25, 0.3) is 0 Å². The lowest BCUT2D eigenvalue weighted by Gasteiger charge is -2.04. The third-order valence-electron chi connectivity index (χ3n) is 1.22. The molecule has 0 aliphatic rings. The first-order chi connectivity index (χ1) is 5.52. The molecule has 0 radical (unpaired) electrons. The van der Waals surface area contributed by atoms with E-state index in [9.17, 15) is 8.78 Å². The molecule has 0 unspecified atom stereocenters. The molecule has 1 aromatic rings. The summed E-state index contributed by atoms with van der Waals surface area (Å²) in [7, 11) is 0. The fraction of sp³-hybridized carbons (Fsp3) is 0.167. The van der Waals surface area contributed by atoms with Gasteiger partial charge in [0.05, 0.1) is 11.3 Å². The van der Waals surface area contributed by atoms with Crippen molar-refractivity contribution in [2.75, 3.05) is 5.73 Å². The van der Waals surface area contributed by atoms with Crippen molar-refractivity contribution in [3.63, 3.8) is 0 Å². The lowest BCUT2D eigenvalue weighted by atomic mass is 10.3. The molecule has 12 heavy (non-hydrogen) atoms. The van der Waals surface area contributed by atoms with E-state index in [0.717, 1.165) is 6.07 Å². The maximum Gasteiger partial charge on any atom is 0.266 e. The Labute approximate surface area is 77.3 Å². The number of nitrogens with zero attached hydrogens (tertiary/aromatic N) is 1. The van der Waals surface area contributed by atoms with Crippen LogP contribution in [0.15, 0.2) is 6.07 Å². The number of pyridine rings is 1. The van der Waals surface area contributed by atoms with Crippen molar-refractivity contribution in [3.05, 3.63) is 21.9 Å². The first-order valence-electron chi connectivity index (χ1n) is 2.92. The van der Waals surface area contributed by atoms with Gasteiger partial charge in [0.15, 0.2) is 5.15 Å². The van der Waals surface area contributed by atoms with Crippen molar-refractivity contribution < 1.29 is 8.78 Å². The Bertz CT molecular complexity index is 304. The molecule has 6 heteroatoms. The van der Waals surface area contributed by atoms with Gasteiger partial charge >= 0.3 is 0 Å². The number of hydrogen-bond acceptors (Lipinski definition) is 2. The third-order valence-corrected chi connectivity index (χ3v) is 1.82. The van der Waals surface area contributed by atoms with Gasteiger partial charge in [-0.05, 0) is 6.07 Å². The second kappa shape index (κ2) is 3.41. The average Bonchev–Trinajstić information content (AvgIpc) is 1.96. The van der Waals surface area contributed by atoms with Gasteiger partial charge in [0.1, 0.15) is 5.15 Å². The highest BCUT2D eigenvalue weighted by Crippen LogP contribution is 2.30. The molecule has 0 aromatic carbocycles. The highest BCUT2D eigenvalue weighted by atomic mass is 35.5. The number of hydrogen-bond donors (Lipinski definition) is 1. The van der Waals surface area contributed by atoms with Crippen LogP contribution in [-0.4, -0.2) is 4.98 Å². The van der Waals surface area contributed by atoms with Crippen LogP contribution in [0.3, 0.4) is 0 Å². The molecule has 1 heterocycles. The summed E-state index contributed by atoms with van der Waals surface area (Å²) in [5.74, 6) is 0. The molecule has 0 bridgehead atoms. The normalized spacial score (nSPS) is 10.8.